The number of nitrogens with one attached hydrogen (secondary N) is 2. The fourth-order valence-corrected chi connectivity index (χ4v) is 1.17. The molecule has 0 fully saturated rings. The molecule has 0 bridgehead atoms. The highest BCUT2D eigenvalue weighted by Gasteiger charge is 2.22. The van der Waals surface area contributed by atoms with E-state index < -0.39 is 16.9 Å². The summed E-state index contributed by atoms with van der Waals surface area (Å²) in [5.74, 6) is -0.775. The van der Waals surface area contributed by atoms with Gasteiger partial charge in [0.05, 0.1) is 19.2 Å². The lowest BCUT2D eigenvalue weighted by atomic mass is 9.96. The van der Waals surface area contributed by atoms with Gasteiger partial charge in [0.15, 0.2) is 0 Å². The van der Waals surface area contributed by atoms with E-state index >= 15 is 0 Å². The second-order valence-corrected chi connectivity index (χ2v) is 5.04. The van der Waals surface area contributed by atoms with Gasteiger partial charge in [0.25, 0.3) is 5.56 Å². The molecule has 1 rings (SSSR count). The zero-order chi connectivity index (χ0) is 14.6. The zero-order valence-electron chi connectivity index (χ0n) is 11.4. The molecule has 1 aromatic heterocycles. The summed E-state index contributed by atoms with van der Waals surface area (Å²) in [5.41, 5.74) is -0.824. The SMILES string of the molecule is COC(=O)Cc1cc(=O)[nH]c(NC(=O)C(C)(C)C)n1. The summed E-state index contributed by atoms with van der Waals surface area (Å²) in [6, 6.07) is 1.18. The number of methoxy groups -OCH3 is 1. The molecule has 0 aliphatic rings. The van der Waals surface area contributed by atoms with Crippen LogP contribution in [0, 0.1) is 5.41 Å². The van der Waals surface area contributed by atoms with Crippen LogP contribution >= 0.6 is 0 Å². The lowest BCUT2D eigenvalue weighted by Gasteiger charge is -2.17. The average Bonchev–Trinajstić information content (AvgIpc) is 2.26. The van der Waals surface area contributed by atoms with Crippen molar-refractivity contribution in [3.63, 3.8) is 0 Å². The van der Waals surface area contributed by atoms with E-state index in [4.69, 9.17) is 0 Å². The Hall–Kier alpha value is -2.18. The van der Waals surface area contributed by atoms with Crippen molar-refractivity contribution in [2.45, 2.75) is 27.2 Å². The number of carbonyl (C=O) groups is 2. The molecule has 1 amide bonds. The number of aromatic amines is 1. The Morgan fingerprint density at radius 2 is 2.05 bits per heavy atom. The van der Waals surface area contributed by atoms with Crippen molar-refractivity contribution in [2.24, 2.45) is 5.41 Å². The van der Waals surface area contributed by atoms with Crippen molar-refractivity contribution in [1.29, 1.82) is 0 Å². The molecule has 0 aromatic carbocycles. The van der Waals surface area contributed by atoms with E-state index in [2.05, 4.69) is 20.0 Å². The molecule has 0 spiro atoms. The first-order valence-electron chi connectivity index (χ1n) is 5.71. The van der Waals surface area contributed by atoms with Crippen LogP contribution in [-0.2, 0) is 20.7 Å². The minimum Gasteiger partial charge on any atom is -0.469 e. The number of ether oxygens (including phenoxy) is 1. The molecule has 0 radical (unpaired) electrons. The lowest BCUT2D eigenvalue weighted by molar-refractivity contribution is -0.139. The van der Waals surface area contributed by atoms with Crippen LogP contribution in [0.25, 0.3) is 0 Å². The molecule has 1 heterocycles. The molecule has 0 aliphatic carbocycles. The smallest absolute Gasteiger partial charge is 0.311 e. The van der Waals surface area contributed by atoms with Crippen molar-refractivity contribution in [3.8, 4) is 0 Å². The van der Waals surface area contributed by atoms with Crippen LogP contribution in [0.5, 0.6) is 0 Å². The maximum atomic E-state index is 11.8. The summed E-state index contributed by atoms with van der Waals surface area (Å²) in [7, 11) is 1.25. The molecular weight excluding hydrogens is 250 g/mol. The maximum Gasteiger partial charge on any atom is 0.311 e. The Bertz CT molecular complexity index is 543. The quantitative estimate of drug-likeness (QED) is 0.775. The molecule has 0 saturated carbocycles. The van der Waals surface area contributed by atoms with Crippen molar-refractivity contribution < 1.29 is 14.3 Å². The second kappa shape index (κ2) is 5.64. The monoisotopic (exact) mass is 267 g/mol. The molecular formula is C12H17N3O4. The van der Waals surface area contributed by atoms with Gasteiger partial charge in [-0.2, -0.15) is 0 Å². The molecule has 7 nitrogen and oxygen atoms in total. The molecule has 0 unspecified atom stereocenters. The number of amides is 1. The van der Waals surface area contributed by atoms with Crippen LogP contribution in [0.15, 0.2) is 10.9 Å². The summed E-state index contributed by atoms with van der Waals surface area (Å²) in [4.78, 5) is 40.7. The number of aromatic nitrogens is 2. The third-order valence-electron chi connectivity index (χ3n) is 2.26. The third-order valence-corrected chi connectivity index (χ3v) is 2.26. The molecule has 2 N–H and O–H groups in total. The first-order chi connectivity index (χ1) is 8.72. The van der Waals surface area contributed by atoms with E-state index in [0.29, 0.717) is 0 Å². The highest BCUT2D eigenvalue weighted by Crippen LogP contribution is 2.15. The summed E-state index contributed by atoms with van der Waals surface area (Å²) in [6.45, 7) is 5.20. The van der Waals surface area contributed by atoms with Gasteiger partial charge in [-0.3, -0.25) is 24.7 Å². The first kappa shape index (κ1) is 14.9. The minimum atomic E-state index is -0.614. The third kappa shape index (κ3) is 4.53. The molecule has 0 atom stereocenters. The van der Waals surface area contributed by atoms with Gasteiger partial charge in [-0.25, -0.2) is 4.98 Å². The Morgan fingerprint density at radius 3 is 2.58 bits per heavy atom. The molecule has 1 aromatic rings. The van der Waals surface area contributed by atoms with Gasteiger partial charge < -0.3 is 4.74 Å². The Balaban J connectivity index is 2.94. The predicted molar refractivity (Wildman–Crippen MR) is 68.7 cm³/mol. The van der Waals surface area contributed by atoms with Crippen LogP contribution in [0.3, 0.4) is 0 Å². The van der Waals surface area contributed by atoms with Crippen LogP contribution in [0.4, 0.5) is 5.95 Å². The predicted octanol–water partition coefficient (Wildman–Crippen LogP) is 0.470. The first-order valence-corrected chi connectivity index (χ1v) is 5.71. The Morgan fingerprint density at radius 1 is 1.42 bits per heavy atom. The van der Waals surface area contributed by atoms with Crippen molar-refractivity contribution in [2.75, 3.05) is 12.4 Å². The Kier molecular flexibility index (Phi) is 4.42. The summed E-state index contributed by atoms with van der Waals surface area (Å²) >= 11 is 0. The fraction of sp³-hybridized carbons (Fsp3) is 0.500. The zero-order valence-corrected chi connectivity index (χ0v) is 11.4. The number of hydrogen-bond acceptors (Lipinski definition) is 5. The summed E-state index contributed by atoms with van der Waals surface area (Å²) in [5, 5.41) is 2.50. The van der Waals surface area contributed by atoms with Crippen LogP contribution in [-0.4, -0.2) is 29.0 Å². The largest absolute Gasteiger partial charge is 0.469 e. The number of nitrogens with zero attached hydrogens (tertiary/aromatic N) is 1. The molecule has 104 valence electrons. The number of anilines is 1. The van der Waals surface area contributed by atoms with Gasteiger partial charge in [0, 0.05) is 11.5 Å². The average molecular weight is 267 g/mol. The number of hydrogen-bond donors (Lipinski definition) is 2. The highest BCUT2D eigenvalue weighted by molar-refractivity contribution is 5.93. The summed E-state index contributed by atoms with van der Waals surface area (Å²) in [6.07, 6.45) is -0.126. The topological polar surface area (TPSA) is 101 Å². The van der Waals surface area contributed by atoms with E-state index in [1.54, 1.807) is 20.8 Å². The van der Waals surface area contributed by atoms with E-state index in [0.717, 1.165) is 0 Å². The lowest BCUT2D eigenvalue weighted by Crippen LogP contribution is -2.29. The van der Waals surface area contributed by atoms with Gasteiger partial charge in [-0.1, -0.05) is 20.8 Å². The van der Waals surface area contributed by atoms with E-state index in [1.807, 2.05) is 0 Å². The van der Waals surface area contributed by atoms with Gasteiger partial charge >= 0.3 is 5.97 Å². The molecule has 0 saturated heterocycles. The van der Waals surface area contributed by atoms with Crippen molar-refractivity contribution in [1.82, 2.24) is 9.97 Å². The number of carbonyl (C=O) groups excluding carboxylic acids is 2. The van der Waals surface area contributed by atoms with Crippen LogP contribution < -0.4 is 10.9 Å². The van der Waals surface area contributed by atoms with Gasteiger partial charge in [0.2, 0.25) is 11.9 Å². The molecule has 7 heteroatoms. The standard InChI is InChI=1S/C12H17N3O4/c1-12(2,3)10(18)15-11-13-7(5-8(16)14-11)6-9(17)19-4/h5H,6H2,1-4H3,(H2,13,14,15,16,18). The van der Waals surface area contributed by atoms with Gasteiger partial charge in [0.1, 0.15) is 0 Å². The normalized spacial score (nSPS) is 10.9. The van der Waals surface area contributed by atoms with Crippen molar-refractivity contribution >= 4 is 17.8 Å². The van der Waals surface area contributed by atoms with Crippen LogP contribution in [0.2, 0.25) is 0 Å². The van der Waals surface area contributed by atoms with E-state index in [-0.39, 0.29) is 24.0 Å². The fourth-order valence-electron chi connectivity index (χ4n) is 1.17. The number of H-pyrrole nitrogens is 1. The van der Waals surface area contributed by atoms with Crippen LogP contribution in [0.1, 0.15) is 26.5 Å². The van der Waals surface area contributed by atoms with Gasteiger partial charge in [-0.15, -0.1) is 0 Å². The van der Waals surface area contributed by atoms with E-state index in [9.17, 15) is 14.4 Å². The van der Waals surface area contributed by atoms with E-state index in [1.165, 1.54) is 13.2 Å². The second-order valence-electron chi connectivity index (χ2n) is 5.04. The number of rotatable bonds is 3. The van der Waals surface area contributed by atoms with Gasteiger partial charge in [-0.05, 0) is 0 Å². The Labute approximate surface area is 110 Å². The molecule has 0 aliphatic heterocycles. The summed E-state index contributed by atoms with van der Waals surface area (Å²) < 4.78 is 4.49. The minimum absolute atomic E-state index is 0.0197. The molecule has 19 heavy (non-hydrogen) atoms. The van der Waals surface area contributed by atoms with Crippen molar-refractivity contribution in [3.05, 3.63) is 22.1 Å². The highest BCUT2D eigenvalue weighted by atomic mass is 16.5. The number of esters is 1. The maximum absolute atomic E-state index is 11.8.